The Bertz CT molecular complexity index is 346. The molecule has 0 saturated heterocycles. The topological polar surface area (TPSA) is 46.9 Å². The van der Waals surface area contributed by atoms with Crippen LogP contribution in [0.4, 0.5) is 0 Å². The van der Waals surface area contributed by atoms with E-state index in [9.17, 15) is 4.79 Å². The molecule has 0 aliphatic rings. The maximum absolute atomic E-state index is 11.5. The van der Waals surface area contributed by atoms with E-state index in [0.29, 0.717) is 17.3 Å². The summed E-state index contributed by atoms with van der Waals surface area (Å²) in [5.41, 5.74) is 1.11. The maximum Gasteiger partial charge on any atom is 0.273 e. The molecule has 0 unspecified atom stereocenters. The molecule has 14 heavy (non-hydrogen) atoms. The summed E-state index contributed by atoms with van der Waals surface area (Å²) in [4.78, 5) is 11.5. The second-order valence-electron chi connectivity index (χ2n) is 3.13. The Hall–Kier alpha value is -1.03. The van der Waals surface area contributed by atoms with Crippen molar-refractivity contribution in [1.82, 2.24) is 15.1 Å². The molecular weight excluding hydrogens is 202 g/mol. The molecule has 1 rings (SSSR count). The Morgan fingerprint density at radius 1 is 1.64 bits per heavy atom. The van der Waals surface area contributed by atoms with Crippen molar-refractivity contribution >= 4 is 17.5 Å². The summed E-state index contributed by atoms with van der Waals surface area (Å²) in [6.07, 6.45) is 0.898. The number of hydrogen-bond acceptors (Lipinski definition) is 2. The highest BCUT2D eigenvalue weighted by molar-refractivity contribution is 6.34. The minimum atomic E-state index is -0.208. The fraction of sp³-hybridized carbons (Fsp3) is 0.556. The monoisotopic (exact) mass is 215 g/mol. The van der Waals surface area contributed by atoms with E-state index in [1.807, 2.05) is 13.8 Å². The van der Waals surface area contributed by atoms with Crippen molar-refractivity contribution in [3.8, 4) is 0 Å². The predicted molar refractivity (Wildman–Crippen MR) is 55.6 cm³/mol. The fourth-order valence-corrected chi connectivity index (χ4v) is 1.30. The molecule has 0 bridgehead atoms. The van der Waals surface area contributed by atoms with Crippen LogP contribution in [-0.4, -0.2) is 22.2 Å². The molecule has 1 heterocycles. The van der Waals surface area contributed by atoms with Gasteiger partial charge in [0, 0.05) is 13.6 Å². The molecular formula is C9H14ClN3O. The molecule has 0 spiro atoms. The first-order valence-electron chi connectivity index (χ1n) is 4.55. The first-order valence-corrected chi connectivity index (χ1v) is 4.93. The van der Waals surface area contributed by atoms with Gasteiger partial charge in [0.1, 0.15) is 0 Å². The van der Waals surface area contributed by atoms with Crippen LogP contribution < -0.4 is 5.32 Å². The third kappa shape index (κ3) is 2.07. The van der Waals surface area contributed by atoms with Crippen molar-refractivity contribution in [3.05, 3.63) is 16.4 Å². The quantitative estimate of drug-likeness (QED) is 0.831. The van der Waals surface area contributed by atoms with E-state index in [1.54, 1.807) is 11.7 Å². The Morgan fingerprint density at radius 2 is 2.29 bits per heavy atom. The lowest BCUT2D eigenvalue weighted by Gasteiger charge is -1.99. The summed E-state index contributed by atoms with van der Waals surface area (Å²) in [5, 5.41) is 7.20. The predicted octanol–water partition coefficient (Wildman–Crippen LogP) is 1.52. The van der Waals surface area contributed by atoms with Gasteiger partial charge in [0.05, 0.1) is 10.7 Å². The van der Waals surface area contributed by atoms with Gasteiger partial charge in [-0.2, -0.15) is 5.10 Å². The Kier molecular flexibility index (Phi) is 3.52. The molecule has 4 nitrogen and oxygen atoms in total. The van der Waals surface area contributed by atoms with Gasteiger partial charge in [0.15, 0.2) is 5.69 Å². The van der Waals surface area contributed by atoms with Gasteiger partial charge in [-0.25, -0.2) is 0 Å². The number of halogens is 1. The van der Waals surface area contributed by atoms with Crippen LogP contribution >= 0.6 is 11.6 Å². The third-order valence-corrected chi connectivity index (χ3v) is 2.46. The number of hydrogen-bond donors (Lipinski definition) is 1. The highest BCUT2D eigenvalue weighted by Crippen LogP contribution is 2.18. The first-order chi connectivity index (χ1) is 6.57. The Balaban J connectivity index is 2.85. The van der Waals surface area contributed by atoms with E-state index >= 15 is 0 Å². The normalized spacial score (nSPS) is 10.3. The van der Waals surface area contributed by atoms with E-state index in [4.69, 9.17) is 11.6 Å². The van der Waals surface area contributed by atoms with Gasteiger partial charge in [-0.05, 0) is 13.3 Å². The highest BCUT2D eigenvalue weighted by Gasteiger charge is 2.16. The average Bonchev–Trinajstić information content (AvgIpc) is 2.42. The first kappa shape index (κ1) is 11.0. The highest BCUT2D eigenvalue weighted by atomic mass is 35.5. The lowest BCUT2D eigenvalue weighted by atomic mass is 10.3. The Labute approximate surface area is 88.2 Å². The summed E-state index contributed by atoms with van der Waals surface area (Å²) in [6, 6.07) is 0. The number of carbonyl (C=O) groups excluding carboxylic acids is 1. The molecule has 0 radical (unpaired) electrons. The van der Waals surface area contributed by atoms with Gasteiger partial charge in [0.25, 0.3) is 5.91 Å². The smallest absolute Gasteiger partial charge is 0.273 e. The van der Waals surface area contributed by atoms with Crippen LogP contribution in [0, 0.1) is 6.92 Å². The zero-order valence-electron chi connectivity index (χ0n) is 8.59. The molecule has 1 aromatic heterocycles. The van der Waals surface area contributed by atoms with Crippen LogP contribution in [0.2, 0.25) is 5.02 Å². The van der Waals surface area contributed by atoms with Crippen molar-refractivity contribution < 1.29 is 4.79 Å². The van der Waals surface area contributed by atoms with E-state index < -0.39 is 0 Å². The summed E-state index contributed by atoms with van der Waals surface area (Å²) < 4.78 is 1.60. The number of nitrogens with one attached hydrogen (secondary N) is 1. The molecule has 1 N–H and O–H groups in total. The van der Waals surface area contributed by atoms with Gasteiger partial charge in [0.2, 0.25) is 0 Å². The van der Waals surface area contributed by atoms with Crippen LogP contribution in [0.3, 0.4) is 0 Å². The van der Waals surface area contributed by atoms with Gasteiger partial charge >= 0.3 is 0 Å². The lowest BCUT2D eigenvalue weighted by molar-refractivity contribution is 0.0948. The standard InChI is InChI=1S/C9H14ClN3O/c1-4-5-11-9(14)8-7(10)6(2)13(3)12-8/h4-5H2,1-3H3,(H,11,14). The summed E-state index contributed by atoms with van der Waals surface area (Å²) in [5.74, 6) is -0.208. The number of aromatic nitrogens is 2. The van der Waals surface area contributed by atoms with E-state index in [1.165, 1.54) is 0 Å². The second kappa shape index (κ2) is 4.46. The fourth-order valence-electron chi connectivity index (χ4n) is 1.05. The van der Waals surface area contributed by atoms with Gasteiger partial charge in [-0.1, -0.05) is 18.5 Å². The lowest BCUT2D eigenvalue weighted by Crippen LogP contribution is -2.24. The molecule has 0 fully saturated rings. The summed E-state index contributed by atoms with van der Waals surface area (Å²) >= 11 is 5.94. The van der Waals surface area contributed by atoms with Gasteiger partial charge in [-0.15, -0.1) is 0 Å². The minimum Gasteiger partial charge on any atom is -0.351 e. The zero-order valence-corrected chi connectivity index (χ0v) is 9.35. The maximum atomic E-state index is 11.5. The van der Waals surface area contributed by atoms with Crippen LogP contribution in [0.5, 0.6) is 0 Å². The SMILES string of the molecule is CCCNC(=O)c1nn(C)c(C)c1Cl. The second-order valence-corrected chi connectivity index (χ2v) is 3.51. The molecule has 0 saturated carbocycles. The van der Waals surface area contributed by atoms with Crippen LogP contribution in [0.1, 0.15) is 29.5 Å². The zero-order chi connectivity index (χ0) is 10.7. The molecule has 0 aliphatic heterocycles. The average molecular weight is 216 g/mol. The molecule has 0 aliphatic carbocycles. The van der Waals surface area contributed by atoms with Crippen molar-refractivity contribution in [3.63, 3.8) is 0 Å². The van der Waals surface area contributed by atoms with E-state index in [2.05, 4.69) is 10.4 Å². The number of amides is 1. The summed E-state index contributed by atoms with van der Waals surface area (Å²) in [7, 11) is 1.76. The third-order valence-electron chi connectivity index (χ3n) is 2.01. The molecule has 1 aromatic rings. The van der Waals surface area contributed by atoms with Crippen molar-refractivity contribution in [2.75, 3.05) is 6.54 Å². The van der Waals surface area contributed by atoms with Crippen LogP contribution in [-0.2, 0) is 7.05 Å². The number of aryl methyl sites for hydroxylation is 1. The Morgan fingerprint density at radius 3 is 2.71 bits per heavy atom. The molecule has 78 valence electrons. The molecule has 0 aromatic carbocycles. The van der Waals surface area contributed by atoms with Crippen LogP contribution in [0.25, 0.3) is 0 Å². The largest absolute Gasteiger partial charge is 0.351 e. The van der Waals surface area contributed by atoms with Crippen molar-refractivity contribution in [1.29, 1.82) is 0 Å². The van der Waals surface area contributed by atoms with Crippen LogP contribution in [0.15, 0.2) is 0 Å². The summed E-state index contributed by atoms with van der Waals surface area (Å²) in [6.45, 7) is 4.46. The number of rotatable bonds is 3. The number of nitrogens with zero attached hydrogens (tertiary/aromatic N) is 2. The van der Waals surface area contributed by atoms with E-state index in [-0.39, 0.29) is 5.91 Å². The number of carbonyl (C=O) groups is 1. The van der Waals surface area contributed by atoms with Crippen molar-refractivity contribution in [2.45, 2.75) is 20.3 Å². The molecule has 1 amide bonds. The van der Waals surface area contributed by atoms with E-state index in [0.717, 1.165) is 12.1 Å². The van der Waals surface area contributed by atoms with Gasteiger partial charge < -0.3 is 5.32 Å². The molecule has 0 atom stereocenters. The minimum absolute atomic E-state index is 0.208. The van der Waals surface area contributed by atoms with Crippen molar-refractivity contribution in [2.24, 2.45) is 7.05 Å². The molecule has 5 heteroatoms. The van der Waals surface area contributed by atoms with Gasteiger partial charge in [-0.3, -0.25) is 9.48 Å².